The van der Waals surface area contributed by atoms with Crippen molar-refractivity contribution >= 4 is 39.3 Å². The van der Waals surface area contributed by atoms with Gasteiger partial charge in [-0.25, -0.2) is 13.2 Å². The van der Waals surface area contributed by atoms with E-state index in [0.29, 0.717) is 24.8 Å². The molecular weight excluding hydrogens is 628 g/mol. The molecule has 1 aromatic rings. The van der Waals surface area contributed by atoms with Gasteiger partial charge in [-0.2, -0.15) is 0 Å². The molecule has 15 nitrogen and oxygen atoms in total. The summed E-state index contributed by atoms with van der Waals surface area (Å²) < 4.78 is 39.1. The average molecular weight is 673 g/mol. The van der Waals surface area contributed by atoms with E-state index >= 15 is 0 Å². The molecule has 0 spiro atoms. The number of esters is 1. The Bertz CT molecular complexity index is 1330. The van der Waals surface area contributed by atoms with Gasteiger partial charge in [0.05, 0.1) is 17.4 Å². The minimum Gasteiger partial charge on any atom is -0.479 e. The lowest BCUT2D eigenvalue weighted by Crippen LogP contribution is -2.61. The monoisotopic (exact) mass is 672 g/mol. The van der Waals surface area contributed by atoms with Crippen LogP contribution in [0.2, 0.25) is 0 Å². The molecule has 0 saturated carbocycles. The fourth-order valence-corrected chi connectivity index (χ4v) is 4.94. The SMILES string of the molecule is C=CS(=O)(=O)CCCCCC(=O)NCCC(=O)Nc1cc(COC(=O)C(C)C(C)C)ccc1O[C@@H]1O[C@H](C(=O)O)[C@@H](O)[C@H](O)[C@H]1O. The topological polar surface area (TPSA) is 235 Å². The zero-order valence-electron chi connectivity index (χ0n) is 26.1. The number of hydrogen-bond donors (Lipinski definition) is 6. The molecule has 258 valence electrons. The van der Waals surface area contributed by atoms with E-state index in [1.165, 1.54) is 18.2 Å². The molecule has 1 heterocycles. The predicted octanol–water partition coefficient (Wildman–Crippen LogP) is 0.856. The number of benzene rings is 1. The maximum atomic E-state index is 12.8. The molecule has 2 amide bonds. The van der Waals surface area contributed by atoms with E-state index in [2.05, 4.69) is 17.2 Å². The molecule has 1 aliphatic heterocycles. The van der Waals surface area contributed by atoms with Gasteiger partial charge in [-0.15, -0.1) is 0 Å². The first kappa shape index (κ1) is 38.6. The fraction of sp³-hybridized carbons (Fsp3) is 0.600. The lowest BCUT2D eigenvalue weighted by atomic mass is 9.98. The smallest absolute Gasteiger partial charge is 0.335 e. The molecule has 6 atom stereocenters. The highest BCUT2D eigenvalue weighted by Crippen LogP contribution is 2.31. The number of aliphatic hydroxyl groups is 3. The van der Waals surface area contributed by atoms with Crippen molar-refractivity contribution in [2.75, 3.05) is 17.6 Å². The summed E-state index contributed by atoms with van der Waals surface area (Å²) in [6.07, 6.45) is -8.00. The van der Waals surface area contributed by atoms with Crippen molar-refractivity contribution in [3.8, 4) is 5.75 Å². The molecule has 1 unspecified atom stereocenters. The van der Waals surface area contributed by atoms with Crippen LogP contribution < -0.4 is 15.4 Å². The third-order valence-corrected chi connectivity index (χ3v) is 8.75. The van der Waals surface area contributed by atoms with Crippen LogP contribution in [0.5, 0.6) is 5.75 Å². The van der Waals surface area contributed by atoms with Crippen LogP contribution in [0.1, 0.15) is 58.4 Å². The summed E-state index contributed by atoms with van der Waals surface area (Å²) in [5.41, 5.74) is 0.477. The van der Waals surface area contributed by atoms with Gasteiger partial charge in [-0.1, -0.05) is 39.8 Å². The van der Waals surface area contributed by atoms with Crippen molar-refractivity contribution < 1.29 is 62.2 Å². The quantitative estimate of drug-likeness (QED) is 0.0939. The second-order valence-electron chi connectivity index (χ2n) is 11.3. The number of amides is 2. The molecule has 2 rings (SSSR count). The number of aliphatic hydroxyl groups excluding tert-OH is 3. The molecule has 1 fully saturated rings. The Morgan fingerprint density at radius 3 is 2.33 bits per heavy atom. The molecule has 0 aliphatic carbocycles. The van der Waals surface area contributed by atoms with Crippen molar-refractivity contribution in [2.45, 2.75) is 90.2 Å². The highest BCUT2D eigenvalue weighted by Gasteiger charge is 2.48. The third-order valence-electron chi connectivity index (χ3n) is 7.39. The van der Waals surface area contributed by atoms with Crippen molar-refractivity contribution in [3.05, 3.63) is 35.7 Å². The first-order valence-electron chi connectivity index (χ1n) is 14.9. The van der Waals surface area contributed by atoms with Gasteiger partial charge >= 0.3 is 11.9 Å². The molecular formula is C30H44N2O13S. The number of anilines is 1. The van der Waals surface area contributed by atoms with Crippen LogP contribution in [0.15, 0.2) is 30.2 Å². The van der Waals surface area contributed by atoms with E-state index in [1.807, 2.05) is 13.8 Å². The van der Waals surface area contributed by atoms with E-state index < -0.39 is 58.4 Å². The molecule has 16 heteroatoms. The molecule has 1 saturated heterocycles. The van der Waals surface area contributed by atoms with Crippen LogP contribution in [-0.4, -0.2) is 95.6 Å². The average Bonchev–Trinajstić information content (AvgIpc) is 3.00. The number of aliphatic carboxylic acids is 1. The molecule has 1 aromatic carbocycles. The number of nitrogens with one attached hydrogen (secondary N) is 2. The van der Waals surface area contributed by atoms with Crippen LogP contribution in [-0.2, 0) is 45.1 Å². The summed E-state index contributed by atoms with van der Waals surface area (Å²) in [4.78, 5) is 48.8. The number of carbonyl (C=O) groups is 4. The summed E-state index contributed by atoms with van der Waals surface area (Å²) >= 11 is 0. The number of ether oxygens (including phenoxy) is 3. The van der Waals surface area contributed by atoms with E-state index in [1.54, 1.807) is 6.92 Å². The second kappa shape index (κ2) is 17.9. The lowest BCUT2D eigenvalue weighted by Gasteiger charge is -2.38. The van der Waals surface area contributed by atoms with Gasteiger partial charge in [0, 0.05) is 24.8 Å². The molecule has 0 aromatic heterocycles. The van der Waals surface area contributed by atoms with Crippen molar-refractivity contribution in [1.82, 2.24) is 5.32 Å². The molecule has 46 heavy (non-hydrogen) atoms. The van der Waals surface area contributed by atoms with Gasteiger partial charge in [0.2, 0.25) is 18.1 Å². The van der Waals surface area contributed by atoms with Gasteiger partial charge in [-0.3, -0.25) is 14.4 Å². The van der Waals surface area contributed by atoms with Gasteiger partial charge in [-0.05, 0) is 36.5 Å². The van der Waals surface area contributed by atoms with Gasteiger partial charge in [0.1, 0.15) is 30.7 Å². The zero-order valence-corrected chi connectivity index (χ0v) is 26.9. The van der Waals surface area contributed by atoms with Gasteiger partial charge in [0.15, 0.2) is 15.9 Å². The van der Waals surface area contributed by atoms with Crippen molar-refractivity contribution in [3.63, 3.8) is 0 Å². The summed E-state index contributed by atoms with van der Waals surface area (Å²) in [7, 11) is -3.29. The largest absolute Gasteiger partial charge is 0.479 e. The highest BCUT2D eigenvalue weighted by molar-refractivity contribution is 7.94. The van der Waals surface area contributed by atoms with Crippen LogP contribution in [0.25, 0.3) is 0 Å². The Balaban J connectivity index is 2.07. The highest BCUT2D eigenvalue weighted by atomic mass is 32.2. The number of sulfone groups is 1. The third kappa shape index (κ3) is 12.0. The summed E-state index contributed by atoms with van der Waals surface area (Å²) in [6, 6.07) is 4.29. The number of rotatable bonds is 18. The first-order chi connectivity index (χ1) is 21.6. The molecule has 1 aliphatic rings. The number of carbonyl (C=O) groups excluding carboxylic acids is 3. The number of carboxylic acids is 1. The Morgan fingerprint density at radius 1 is 1.00 bits per heavy atom. The normalized spacial score (nSPS) is 22.0. The second-order valence-corrected chi connectivity index (χ2v) is 13.4. The summed E-state index contributed by atoms with van der Waals surface area (Å²) in [6.45, 7) is 8.56. The lowest BCUT2D eigenvalue weighted by molar-refractivity contribution is -0.271. The Morgan fingerprint density at radius 2 is 1.70 bits per heavy atom. The van der Waals surface area contributed by atoms with E-state index in [-0.39, 0.29) is 60.9 Å². The van der Waals surface area contributed by atoms with Crippen molar-refractivity contribution in [2.24, 2.45) is 11.8 Å². The maximum absolute atomic E-state index is 12.8. The van der Waals surface area contributed by atoms with E-state index in [9.17, 15) is 48.0 Å². The van der Waals surface area contributed by atoms with Gasteiger partial charge < -0.3 is 45.3 Å². The zero-order chi connectivity index (χ0) is 34.6. The predicted molar refractivity (Wildman–Crippen MR) is 164 cm³/mol. The Labute approximate surface area is 267 Å². The Kier molecular flexibility index (Phi) is 15.1. The fourth-order valence-electron chi connectivity index (χ4n) is 4.17. The minimum absolute atomic E-state index is 0.0229. The van der Waals surface area contributed by atoms with E-state index in [4.69, 9.17) is 14.2 Å². The van der Waals surface area contributed by atoms with Crippen LogP contribution >= 0.6 is 0 Å². The van der Waals surface area contributed by atoms with Crippen LogP contribution in [0.4, 0.5) is 5.69 Å². The first-order valence-corrected chi connectivity index (χ1v) is 16.6. The van der Waals surface area contributed by atoms with Crippen molar-refractivity contribution in [1.29, 1.82) is 0 Å². The number of hydrogen-bond acceptors (Lipinski definition) is 12. The van der Waals surface area contributed by atoms with Crippen LogP contribution in [0, 0.1) is 11.8 Å². The number of unbranched alkanes of at least 4 members (excludes halogenated alkanes) is 2. The summed E-state index contributed by atoms with van der Waals surface area (Å²) in [5.74, 6) is -3.37. The van der Waals surface area contributed by atoms with Crippen LogP contribution in [0.3, 0.4) is 0 Å². The van der Waals surface area contributed by atoms with Gasteiger partial charge in [0.25, 0.3) is 0 Å². The number of carboxylic acid groups (broad SMARTS) is 1. The molecule has 6 N–H and O–H groups in total. The summed E-state index contributed by atoms with van der Waals surface area (Å²) in [5, 5.41) is 45.9. The molecule has 0 radical (unpaired) electrons. The Hall–Kier alpha value is -3.57. The maximum Gasteiger partial charge on any atom is 0.335 e. The standard InChI is InChI=1S/C30H44N2O13S/c1-5-46(41,42)14-8-6-7-9-22(33)31-13-12-23(34)32-20-15-19(16-43-29(40)18(4)17(2)3)10-11-21(20)44-30-26(37)24(35)25(36)27(45-30)28(38)39/h5,10-11,15,17-18,24-27,30,35-37H,1,6-9,12-14,16H2,2-4H3,(H,31,33)(H,32,34)(H,38,39)/t18?,24-,25-,26+,27-,30+/m0/s1. The minimum atomic E-state index is -3.29. The van der Waals surface area contributed by atoms with E-state index in [0.717, 1.165) is 5.41 Å². The molecule has 0 bridgehead atoms.